The van der Waals surface area contributed by atoms with Crippen molar-refractivity contribution in [2.75, 3.05) is 37.5 Å². The van der Waals surface area contributed by atoms with E-state index in [1.165, 1.54) is 6.33 Å². The van der Waals surface area contributed by atoms with E-state index in [1.807, 2.05) is 6.92 Å². The van der Waals surface area contributed by atoms with Gasteiger partial charge in [0.1, 0.15) is 6.33 Å². The Balaban J connectivity index is 2.21. The van der Waals surface area contributed by atoms with Crippen LogP contribution in [0.5, 0.6) is 5.75 Å². The first kappa shape index (κ1) is 13.9. The molecule has 2 rings (SSSR count). The third-order valence-electron chi connectivity index (χ3n) is 3.21. The Morgan fingerprint density at radius 1 is 1.42 bits per heavy atom. The molecular formula is C13H22N4O2. The number of rotatable bonds is 5. The van der Waals surface area contributed by atoms with E-state index in [-0.39, 0.29) is 5.54 Å². The molecule has 2 N–H and O–H groups in total. The van der Waals surface area contributed by atoms with Gasteiger partial charge >= 0.3 is 0 Å². The quantitative estimate of drug-likeness (QED) is 0.848. The number of anilines is 2. The first-order valence-electron chi connectivity index (χ1n) is 6.67. The molecule has 1 atom stereocenters. The summed E-state index contributed by atoms with van der Waals surface area (Å²) in [5, 5.41) is 6.60. The summed E-state index contributed by atoms with van der Waals surface area (Å²) < 4.78 is 11.0. The molecule has 2 heterocycles. The number of ether oxygens (including phenoxy) is 2. The lowest BCUT2D eigenvalue weighted by Gasteiger charge is -2.35. The molecule has 0 radical (unpaired) electrons. The van der Waals surface area contributed by atoms with E-state index in [4.69, 9.17) is 9.47 Å². The minimum Gasteiger partial charge on any atom is -0.490 e. The highest BCUT2D eigenvalue weighted by atomic mass is 16.5. The Labute approximate surface area is 113 Å². The van der Waals surface area contributed by atoms with Gasteiger partial charge < -0.3 is 20.1 Å². The van der Waals surface area contributed by atoms with Gasteiger partial charge in [0, 0.05) is 13.2 Å². The standard InChI is InChI=1S/C13H22N4O2/c1-4-14-11-10(18-3)12(16-9-15-11)17-13(2)6-5-7-19-8-13/h9H,4-8H2,1-3H3,(H2,14,15,16,17). The van der Waals surface area contributed by atoms with Gasteiger partial charge in [-0.1, -0.05) is 0 Å². The first-order valence-corrected chi connectivity index (χ1v) is 6.67. The van der Waals surface area contributed by atoms with Crippen LogP contribution in [-0.4, -0.2) is 42.4 Å². The average Bonchev–Trinajstić information content (AvgIpc) is 2.40. The van der Waals surface area contributed by atoms with Crippen LogP contribution in [0, 0.1) is 0 Å². The van der Waals surface area contributed by atoms with Crippen molar-refractivity contribution in [3.05, 3.63) is 6.33 Å². The second kappa shape index (κ2) is 6.06. The van der Waals surface area contributed by atoms with Gasteiger partial charge in [-0.15, -0.1) is 0 Å². The summed E-state index contributed by atoms with van der Waals surface area (Å²) >= 11 is 0. The summed E-state index contributed by atoms with van der Waals surface area (Å²) in [6.45, 7) is 6.45. The second-order valence-corrected chi connectivity index (χ2v) is 4.98. The topological polar surface area (TPSA) is 68.3 Å². The maximum absolute atomic E-state index is 5.55. The molecule has 1 aliphatic rings. The molecule has 1 saturated heterocycles. The van der Waals surface area contributed by atoms with Gasteiger partial charge in [0.15, 0.2) is 11.6 Å². The Morgan fingerprint density at radius 3 is 2.84 bits per heavy atom. The van der Waals surface area contributed by atoms with Crippen LogP contribution in [0.15, 0.2) is 6.33 Å². The molecule has 1 fully saturated rings. The van der Waals surface area contributed by atoms with Gasteiger partial charge in [0.05, 0.1) is 19.3 Å². The fourth-order valence-electron chi connectivity index (χ4n) is 2.27. The predicted molar refractivity (Wildman–Crippen MR) is 74.8 cm³/mol. The lowest BCUT2D eigenvalue weighted by molar-refractivity contribution is 0.0538. The van der Waals surface area contributed by atoms with Gasteiger partial charge in [-0.2, -0.15) is 0 Å². The zero-order valence-corrected chi connectivity index (χ0v) is 11.8. The van der Waals surface area contributed by atoms with Crippen molar-refractivity contribution >= 4 is 11.6 Å². The molecule has 6 nitrogen and oxygen atoms in total. The third-order valence-corrected chi connectivity index (χ3v) is 3.21. The fraction of sp³-hybridized carbons (Fsp3) is 0.692. The van der Waals surface area contributed by atoms with Crippen molar-refractivity contribution in [3.63, 3.8) is 0 Å². The zero-order chi connectivity index (χ0) is 13.7. The Bertz CT molecular complexity index is 419. The Kier molecular flexibility index (Phi) is 4.42. The average molecular weight is 266 g/mol. The molecule has 1 aromatic rings. The molecule has 0 saturated carbocycles. The lowest BCUT2D eigenvalue weighted by Crippen LogP contribution is -2.43. The minimum atomic E-state index is -0.108. The maximum Gasteiger partial charge on any atom is 0.204 e. The van der Waals surface area contributed by atoms with Crippen LogP contribution in [-0.2, 0) is 4.74 Å². The van der Waals surface area contributed by atoms with E-state index in [0.29, 0.717) is 24.0 Å². The van der Waals surface area contributed by atoms with E-state index in [1.54, 1.807) is 7.11 Å². The SMILES string of the molecule is CCNc1ncnc(NC2(C)CCCOC2)c1OC. The minimum absolute atomic E-state index is 0.108. The van der Waals surface area contributed by atoms with Crippen LogP contribution >= 0.6 is 0 Å². The van der Waals surface area contributed by atoms with E-state index in [0.717, 1.165) is 26.0 Å². The molecule has 0 bridgehead atoms. The van der Waals surface area contributed by atoms with E-state index < -0.39 is 0 Å². The summed E-state index contributed by atoms with van der Waals surface area (Å²) in [5.74, 6) is 2.07. The number of hydrogen-bond acceptors (Lipinski definition) is 6. The number of methoxy groups -OCH3 is 1. The smallest absolute Gasteiger partial charge is 0.204 e. The van der Waals surface area contributed by atoms with Gasteiger partial charge in [-0.05, 0) is 26.7 Å². The molecule has 1 aromatic heterocycles. The van der Waals surface area contributed by atoms with Crippen molar-refractivity contribution in [2.24, 2.45) is 0 Å². The van der Waals surface area contributed by atoms with Crippen molar-refractivity contribution in [1.82, 2.24) is 9.97 Å². The highest BCUT2D eigenvalue weighted by Crippen LogP contribution is 2.32. The predicted octanol–water partition coefficient (Wildman–Crippen LogP) is 1.90. The van der Waals surface area contributed by atoms with E-state index >= 15 is 0 Å². The fourth-order valence-corrected chi connectivity index (χ4v) is 2.27. The molecule has 1 unspecified atom stereocenters. The highest BCUT2D eigenvalue weighted by Gasteiger charge is 2.29. The molecule has 0 amide bonds. The summed E-state index contributed by atoms with van der Waals surface area (Å²) in [6, 6.07) is 0. The lowest BCUT2D eigenvalue weighted by atomic mass is 9.95. The van der Waals surface area contributed by atoms with Crippen molar-refractivity contribution in [1.29, 1.82) is 0 Å². The molecule has 0 aromatic carbocycles. The summed E-state index contributed by atoms with van der Waals surface area (Å²) in [7, 11) is 1.63. The molecule has 106 valence electrons. The summed E-state index contributed by atoms with van der Waals surface area (Å²) in [5.41, 5.74) is -0.108. The van der Waals surface area contributed by atoms with E-state index in [2.05, 4.69) is 27.5 Å². The first-order chi connectivity index (χ1) is 9.18. The number of aromatic nitrogens is 2. The van der Waals surface area contributed by atoms with Gasteiger partial charge in [-0.3, -0.25) is 0 Å². The van der Waals surface area contributed by atoms with Crippen LogP contribution in [0.25, 0.3) is 0 Å². The number of hydrogen-bond donors (Lipinski definition) is 2. The third kappa shape index (κ3) is 3.26. The summed E-state index contributed by atoms with van der Waals surface area (Å²) in [4.78, 5) is 8.49. The highest BCUT2D eigenvalue weighted by molar-refractivity contribution is 5.64. The normalized spacial score (nSPS) is 22.9. The Morgan fingerprint density at radius 2 is 2.21 bits per heavy atom. The number of nitrogens with zero attached hydrogens (tertiary/aromatic N) is 2. The monoisotopic (exact) mass is 266 g/mol. The molecule has 1 aliphatic heterocycles. The van der Waals surface area contributed by atoms with Crippen LogP contribution in [0.2, 0.25) is 0 Å². The van der Waals surface area contributed by atoms with Gasteiger partial charge in [0.25, 0.3) is 0 Å². The van der Waals surface area contributed by atoms with Gasteiger partial charge in [-0.25, -0.2) is 9.97 Å². The molecule has 0 spiro atoms. The molecular weight excluding hydrogens is 244 g/mol. The van der Waals surface area contributed by atoms with Crippen LogP contribution in [0.4, 0.5) is 11.6 Å². The van der Waals surface area contributed by atoms with Crippen molar-refractivity contribution < 1.29 is 9.47 Å². The Hall–Kier alpha value is -1.56. The molecule has 0 aliphatic carbocycles. The van der Waals surface area contributed by atoms with Gasteiger partial charge in [0.2, 0.25) is 5.75 Å². The molecule has 19 heavy (non-hydrogen) atoms. The molecule has 6 heteroatoms. The largest absolute Gasteiger partial charge is 0.490 e. The zero-order valence-electron chi connectivity index (χ0n) is 11.8. The van der Waals surface area contributed by atoms with Crippen molar-refractivity contribution in [3.8, 4) is 5.75 Å². The second-order valence-electron chi connectivity index (χ2n) is 4.98. The van der Waals surface area contributed by atoms with Crippen LogP contribution in [0.1, 0.15) is 26.7 Å². The van der Waals surface area contributed by atoms with Crippen LogP contribution < -0.4 is 15.4 Å². The number of nitrogens with one attached hydrogen (secondary N) is 2. The van der Waals surface area contributed by atoms with E-state index in [9.17, 15) is 0 Å². The van der Waals surface area contributed by atoms with Crippen LogP contribution in [0.3, 0.4) is 0 Å². The van der Waals surface area contributed by atoms with Crippen molar-refractivity contribution in [2.45, 2.75) is 32.2 Å². The summed E-state index contributed by atoms with van der Waals surface area (Å²) in [6.07, 6.45) is 3.64. The maximum atomic E-state index is 5.55.